The predicted octanol–water partition coefficient (Wildman–Crippen LogP) is 1.91. The van der Waals surface area contributed by atoms with Crippen LogP contribution in [0.2, 0.25) is 0 Å². The van der Waals surface area contributed by atoms with E-state index in [0.29, 0.717) is 19.5 Å². The highest BCUT2D eigenvalue weighted by Crippen LogP contribution is 2.32. The van der Waals surface area contributed by atoms with Crippen LogP contribution in [0.15, 0.2) is 36.7 Å². The summed E-state index contributed by atoms with van der Waals surface area (Å²) in [4.78, 5) is 28.3. The number of rotatable bonds is 4. The molecule has 0 aliphatic carbocycles. The zero-order chi connectivity index (χ0) is 18.0. The predicted molar refractivity (Wildman–Crippen MR) is 94.6 cm³/mol. The Morgan fingerprint density at radius 3 is 2.76 bits per heavy atom. The lowest BCUT2D eigenvalue weighted by Gasteiger charge is -2.37. The van der Waals surface area contributed by atoms with Gasteiger partial charge in [0.1, 0.15) is 0 Å². The van der Waals surface area contributed by atoms with Crippen molar-refractivity contribution in [3.05, 3.63) is 53.3 Å². The second kappa shape index (κ2) is 7.09. The SMILES string of the molecule is CC(=O)N1CCc2ccccc2[C@H]1CC(=O)N(C)Cc1cnn(C)c1. The van der Waals surface area contributed by atoms with Crippen molar-refractivity contribution in [2.45, 2.75) is 32.4 Å². The summed E-state index contributed by atoms with van der Waals surface area (Å²) >= 11 is 0. The Bertz CT molecular complexity index is 783. The van der Waals surface area contributed by atoms with Crippen molar-refractivity contribution >= 4 is 11.8 Å². The third-order valence-corrected chi connectivity index (χ3v) is 4.79. The van der Waals surface area contributed by atoms with Gasteiger partial charge in [0, 0.05) is 45.9 Å². The Morgan fingerprint density at radius 1 is 1.32 bits per heavy atom. The molecule has 0 saturated carbocycles. The Labute approximate surface area is 148 Å². The maximum Gasteiger partial charge on any atom is 0.225 e. The van der Waals surface area contributed by atoms with E-state index in [4.69, 9.17) is 0 Å². The van der Waals surface area contributed by atoms with E-state index in [2.05, 4.69) is 11.2 Å². The molecule has 6 heteroatoms. The van der Waals surface area contributed by atoms with Crippen molar-refractivity contribution in [2.24, 2.45) is 7.05 Å². The molecule has 1 aliphatic heterocycles. The minimum absolute atomic E-state index is 0.0159. The van der Waals surface area contributed by atoms with Crippen LogP contribution in [0.4, 0.5) is 0 Å². The van der Waals surface area contributed by atoms with Crippen LogP contribution in [0.25, 0.3) is 0 Å². The summed E-state index contributed by atoms with van der Waals surface area (Å²) in [5.74, 6) is 0.0408. The van der Waals surface area contributed by atoms with Gasteiger partial charge in [-0.2, -0.15) is 5.10 Å². The topological polar surface area (TPSA) is 58.4 Å². The fourth-order valence-electron chi connectivity index (χ4n) is 3.49. The van der Waals surface area contributed by atoms with Crippen molar-refractivity contribution in [1.29, 1.82) is 0 Å². The molecular weight excluding hydrogens is 316 g/mol. The number of fused-ring (bicyclic) bond motifs is 1. The average molecular weight is 340 g/mol. The van der Waals surface area contributed by atoms with Crippen molar-refractivity contribution in [3.8, 4) is 0 Å². The number of benzene rings is 1. The zero-order valence-electron chi connectivity index (χ0n) is 15.0. The quantitative estimate of drug-likeness (QED) is 0.854. The zero-order valence-corrected chi connectivity index (χ0v) is 15.0. The van der Waals surface area contributed by atoms with E-state index in [-0.39, 0.29) is 17.9 Å². The molecule has 0 fully saturated rings. The van der Waals surface area contributed by atoms with Gasteiger partial charge in [-0.3, -0.25) is 14.3 Å². The lowest BCUT2D eigenvalue weighted by molar-refractivity contribution is -0.136. The molecular formula is C19H24N4O2. The number of amides is 2. The summed E-state index contributed by atoms with van der Waals surface area (Å²) in [6, 6.07) is 7.91. The van der Waals surface area contributed by atoms with Gasteiger partial charge in [-0.15, -0.1) is 0 Å². The first-order valence-electron chi connectivity index (χ1n) is 8.52. The van der Waals surface area contributed by atoms with Gasteiger partial charge in [0.2, 0.25) is 11.8 Å². The van der Waals surface area contributed by atoms with Crippen LogP contribution in [0.3, 0.4) is 0 Å². The smallest absolute Gasteiger partial charge is 0.225 e. The van der Waals surface area contributed by atoms with Gasteiger partial charge in [-0.05, 0) is 17.5 Å². The first-order chi connectivity index (χ1) is 12.0. The third kappa shape index (κ3) is 3.73. The van der Waals surface area contributed by atoms with Crippen LogP contribution in [-0.2, 0) is 29.6 Å². The van der Waals surface area contributed by atoms with Gasteiger partial charge in [-0.1, -0.05) is 24.3 Å². The molecule has 2 heterocycles. The summed E-state index contributed by atoms with van der Waals surface area (Å²) < 4.78 is 1.72. The Kier molecular flexibility index (Phi) is 4.88. The maximum atomic E-state index is 12.8. The van der Waals surface area contributed by atoms with E-state index in [1.54, 1.807) is 29.7 Å². The molecule has 0 bridgehead atoms. The van der Waals surface area contributed by atoms with Crippen molar-refractivity contribution in [2.75, 3.05) is 13.6 Å². The molecule has 1 aromatic heterocycles. The highest BCUT2D eigenvalue weighted by molar-refractivity contribution is 5.79. The summed E-state index contributed by atoms with van der Waals surface area (Å²) in [6.07, 6.45) is 4.81. The van der Waals surface area contributed by atoms with E-state index in [1.807, 2.05) is 36.3 Å². The summed E-state index contributed by atoms with van der Waals surface area (Å²) in [6.45, 7) is 2.75. The van der Waals surface area contributed by atoms with Gasteiger partial charge in [-0.25, -0.2) is 0 Å². The summed E-state index contributed by atoms with van der Waals surface area (Å²) in [5, 5.41) is 4.14. The van der Waals surface area contributed by atoms with E-state index in [1.165, 1.54) is 5.56 Å². The van der Waals surface area contributed by atoms with Crippen molar-refractivity contribution in [1.82, 2.24) is 19.6 Å². The molecule has 6 nitrogen and oxygen atoms in total. The molecule has 132 valence electrons. The molecule has 0 radical (unpaired) electrons. The summed E-state index contributed by atoms with van der Waals surface area (Å²) in [5.41, 5.74) is 3.31. The molecule has 0 N–H and O–H groups in total. The van der Waals surface area contributed by atoms with Crippen molar-refractivity contribution < 1.29 is 9.59 Å². The molecule has 0 spiro atoms. The van der Waals surface area contributed by atoms with Gasteiger partial charge >= 0.3 is 0 Å². The highest BCUT2D eigenvalue weighted by atomic mass is 16.2. The second-order valence-electron chi connectivity index (χ2n) is 6.65. The average Bonchev–Trinajstić information content (AvgIpc) is 2.99. The fraction of sp³-hybridized carbons (Fsp3) is 0.421. The molecule has 25 heavy (non-hydrogen) atoms. The molecule has 2 aromatic rings. The number of aryl methyl sites for hydroxylation is 1. The molecule has 1 aromatic carbocycles. The normalized spacial score (nSPS) is 16.4. The van der Waals surface area contributed by atoms with Crippen molar-refractivity contribution in [3.63, 3.8) is 0 Å². The molecule has 3 rings (SSSR count). The number of hydrogen-bond donors (Lipinski definition) is 0. The van der Waals surface area contributed by atoms with Crippen LogP contribution in [0.1, 0.15) is 36.1 Å². The van der Waals surface area contributed by atoms with Crippen LogP contribution >= 0.6 is 0 Å². The van der Waals surface area contributed by atoms with Crippen LogP contribution in [0.5, 0.6) is 0 Å². The molecule has 1 atom stereocenters. The fourth-order valence-corrected chi connectivity index (χ4v) is 3.49. The number of nitrogens with zero attached hydrogens (tertiary/aromatic N) is 4. The summed E-state index contributed by atoms with van der Waals surface area (Å²) in [7, 11) is 3.65. The van der Waals surface area contributed by atoms with Crippen LogP contribution < -0.4 is 0 Å². The van der Waals surface area contributed by atoms with Gasteiger partial charge in [0.15, 0.2) is 0 Å². The minimum Gasteiger partial charge on any atom is -0.341 e. The number of carbonyl (C=O) groups excluding carboxylic acids is 2. The largest absolute Gasteiger partial charge is 0.341 e. The Morgan fingerprint density at radius 2 is 2.08 bits per heavy atom. The van der Waals surface area contributed by atoms with E-state index >= 15 is 0 Å². The highest BCUT2D eigenvalue weighted by Gasteiger charge is 2.31. The van der Waals surface area contributed by atoms with Gasteiger partial charge in [0.05, 0.1) is 18.7 Å². The number of aromatic nitrogens is 2. The minimum atomic E-state index is -0.189. The first kappa shape index (κ1) is 17.2. The second-order valence-corrected chi connectivity index (χ2v) is 6.65. The first-order valence-corrected chi connectivity index (χ1v) is 8.52. The standard InChI is InChI=1S/C19H24N4O2/c1-14(24)23-9-8-16-6-4-5-7-17(16)18(23)10-19(25)21(2)12-15-11-20-22(3)13-15/h4-7,11,13,18H,8-10,12H2,1-3H3/t18-/m1/s1. The number of carbonyl (C=O) groups is 2. The van der Waals surface area contributed by atoms with Crippen LogP contribution in [-0.4, -0.2) is 45.0 Å². The lowest BCUT2D eigenvalue weighted by Crippen LogP contribution is -2.41. The molecule has 0 saturated heterocycles. The maximum absolute atomic E-state index is 12.8. The van der Waals surface area contributed by atoms with Crippen LogP contribution in [0, 0.1) is 0 Å². The van der Waals surface area contributed by atoms with Gasteiger partial charge in [0.25, 0.3) is 0 Å². The van der Waals surface area contributed by atoms with E-state index < -0.39 is 0 Å². The molecule has 0 unspecified atom stereocenters. The Balaban J connectivity index is 1.76. The lowest BCUT2D eigenvalue weighted by atomic mass is 9.90. The molecule has 1 aliphatic rings. The molecule has 2 amide bonds. The third-order valence-electron chi connectivity index (χ3n) is 4.79. The monoisotopic (exact) mass is 340 g/mol. The van der Waals surface area contributed by atoms with Gasteiger partial charge < -0.3 is 9.80 Å². The number of hydrogen-bond acceptors (Lipinski definition) is 3. The Hall–Kier alpha value is -2.63. The van der Waals surface area contributed by atoms with E-state index in [9.17, 15) is 9.59 Å². The van der Waals surface area contributed by atoms with E-state index in [0.717, 1.165) is 17.5 Å².